The topological polar surface area (TPSA) is 25.2 Å². The van der Waals surface area contributed by atoms with E-state index in [0.29, 0.717) is 5.92 Å². The van der Waals surface area contributed by atoms with E-state index in [1.54, 1.807) is 0 Å². The van der Waals surface area contributed by atoms with Crippen LogP contribution in [0.3, 0.4) is 0 Å². The van der Waals surface area contributed by atoms with E-state index < -0.39 is 0 Å². The maximum atomic E-state index is 6.13. The first kappa shape index (κ1) is 13.9. The second-order valence-electron chi connectivity index (χ2n) is 4.90. The molecule has 4 heteroatoms. The van der Waals surface area contributed by atoms with Gasteiger partial charge in [-0.25, -0.2) is 0 Å². The minimum absolute atomic E-state index is 0.583. The second kappa shape index (κ2) is 5.64. The van der Waals surface area contributed by atoms with Crippen molar-refractivity contribution in [3.8, 4) is 0 Å². The predicted octanol–water partition coefficient (Wildman–Crippen LogP) is 4.77. The Morgan fingerprint density at radius 1 is 1.39 bits per heavy atom. The zero-order valence-electron chi connectivity index (χ0n) is 10.8. The molecule has 1 aromatic heterocycles. The molecule has 0 aliphatic rings. The fraction of sp³-hybridized carbons (Fsp3) is 0.429. The Kier molecular flexibility index (Phi) is 4.36. The van der Waals surface area contributed by atoms with Gasteiger partial charge >= 0.3 is 0 Å². The average molecular weight is 331 g/mol. The van der Waals surface area contributed by atoms with Crippen molar-refractivity contribution in [3.63, 3.8) is 0 Å². The quantitative estimate of drug-likeness (QED) is 0.874. The maximum absolute atomic E-state index is 6.13. The number of furan rings is 1. The molecule has 0 radical (unpaired) electrons. The molecule has 2 nitrogen and oxygen atoms in total. The van der Waals surface area contributed by atoms with Crippen LogP contribution in [0.25, 0.3) is 11.0 Å². The van der Waals surface area contributed by atoms with Gasteiger partial charge in [-0.3, -0.25) is 0 Å². The molecule has 98 valence electrons. The molecule has 1 N–H and O–H groups in total. The highest BCUT2D eigenvalue weighted by atomic mass is 79.9. The van der Waals surface area contributed by atoms with Gasteiger partial charge in [0, 0.05) is 16.0 Å². The smallest absolute Gasteiger partial charge is 0.148 e. The van der Waals surface area contributed by atoms with E-state index >= 15 is 0 Å². The molecule has 0 saturated heterocycles. The van der Waals surface area contributed by atoms with Crippen LogP contribution in [0, 0.1) is 5.92 Å². The molecule has 1 aromatic carbocycles. The lowest BCUT2D eigenvalue weighted by Crippen LogP contribution is -2.07. The van der Waals surface area contributed by atoms with Crippen LogP contribution in [0.15, 0.2) is 21.0 Å². The van der Waals surface area contributed by atoms with Gasteiger partial charge in [-0.1, -0.05) is 25.4 Å². The molecule has 0 atom stereocenters. The first-order chi connectivity index (χ1) is 8.52. The highest BCUT2D eigenvalue weighted by Gasteiger charge is 2.17. The SMILES string of the molecule is CNCc1oc2c(Br)cc(Cl)cc2c1CC(C)C. The lowest BCUT2D eigenvalue weighted by molar-refractivity contribution is 0.515. The Hall–Kier alpha value is -0.510. The highest BCUT2D eigenvalue weighted by molar-refractivity contribution is 9.10. The van der Waals surface area contributed by atoms with Gasteiger partial charge in [0.25, 0.3) is 0 Å². The van der Waals surface area contributed by atoms with Crippen molar-refractivity contribution in [2.24, 2.45) is 5.92 Å². The number of rotatable bonds is 4. The molecule has 0 fully saturated rings. The van der Waals surface area contributed by atoms with E-state index in [1.807, 2.05) is 19.2 Å². The van der Waals surface area contributed by atoms with Gasteiger partial charge in [0.1, 0.15) is 11.3 Å². The third kappa shape index (κ3) is 2.73. The van der Waals surface area contributed by atoms with Crippen LogP contribution in [0.4, 0.5) is 0 Å². The zero-order valence-corrected chi connectivity index (χ0v) is 13.2. The number of halogens is 2. The molecule has 0 unspecified atom stereocenters. The zero-order chi connectivity index (χ0) is 13.3. The summed E-state index contributed by atoms with van der Waals surface area (Å²) in [6, 6.07) is 3.86. The van der Waals surface area contributed by atoms with Crippen molar-refractivity contribution in [1.82, 2.24) is 5.32 Å². The van der Waals surface area contributed by atoms with Crippen LogP contribution in [-0.2, 0) is 13.0 Å². The van der Waals surface area contributed by atoms with Gasteiger partial charge < -0.3 is 9.73 Å². The molecule has 18 heavy (non-hydrogen) atoms. The molecule has 2 aromatic rings. The van der Waals surface area contributed by atoms with Crippen LogP contribution < -0.4 is 5.32 Å². The Balaban J connectivity index is 2.64. The third-order valence-electron chi connectivity index (χ3n) is 2.85. The van der Waals surface area contributed by atoms with E-state index in [2.05, 4.69) is 35.1 Å². The Morgan fingerprint density at radius 3 is 2.72 bits per heavy atom. The minimum atomic E-state index is 0.583. The van der Waals surface area contributed by atoms with Crippen molar-refractivity contribution >= 4 is 38.5 Å². The largest absolute Gasteiger partial charge is 0.458 e. The van der Waals surface area contributed by atoms with E-state index in [1.165, 1.54) is 5.56 Å². The molecule has 0 amide bonds. The van der Waals surface area contributed by atoms with Crippen LogP contribution in [0.1, 0.15) is 25.2 Å². The van der Waals surface area contributed by atoms with Crippen LogP contribution in [-0.4, -0.2) is 7.05 Å². The van der Waals surface area contributed by atoms with Gasteiger partial charge in [-0.15, -0.1) is 0 Å². The van der Waals surface area contributed by atoms with Crippen molar-refractivity contribution in [2.45, 2.75) is 26.8 Å². The van der Waals surface area contributed by atoms with Crippen LogP contribution in [0.5, 0.6) is 0 Å². The number of hydrogen-bond donors (Lipinski definition) is 1. The minimum Gasteiger partial charge on any atom is -0.458 e. The van der Waals surface area contributed by atoms with Crippen LogP contribution >= 0.6 is 27.5 Å². The summed E-state index contributed by atoms with van der Waals surface area (Å²) in [5, 5.41) is 5.00. The highest BCUT2D eigenvalue weighted by Crippen LogP contribution is 2.35. The lowest BCUT2D eigenvalue weighted by atomic mass is 10.00. The number of hydrogen-bond acceptors (Lipinski definition) is 2. The predicted molar refractivity (Wildman–Crippen MR) is 80.2 cm³/mol. The molecular formula is C14H17BrClNO. The Morgan fingerprint density at radius 2 is 2.11 bits per heavy atom. The van der Waals surface area contributed by atoms with Crippen molar-refractivity contribution in [1.29, 1.82) is 0 Å². The molecule has 0 spiro atoms. The Bertz CT molecular complexity index is 562. The number of nitrogens with one attached hydrogen (secondary N) is 1. The summed E-state index contributed by atoms with van der Waals surface area (Å²) in [7, 11) is 1.92. The summed E-state index contributed by atoms with van der Waals surface area (Å²) in [5.41, 5.74) is 2.15. The monoisotopic (exact) mass is 329 g/mol. The number of fused-ring (bicyclic) bond motifs is 1. The van der Waals surface area contributed by atoms with Crippen molar-refractivity contribution in [3.05, 3.63) is 33.0 Å². The number of benzene rings is 1. The van der Waals surface area contributed by atoms with Crippen molar-refractivity contribution < 1.29 is 4.42 Å². The summed E-state index contributed by atoms with van der Waals surface area (Å²) in [6.07, 6.45) is 0.997. The lowest BCUT2D eigenvalue weighted by Gasteiger charge is -2.05. The average Bonchev–Trinajstić information content (AvgIpc) is 2.58. The first-order valence-electron chi connectivity index (χ1n) is 6.06. The molecule has 0 aliphatic heterocycles. The van der Waals surface area contributed by atoms with E-state index in [9.17, 15) is 0 Å². The second-order valence-corrected chi connectivity index (χ2v) is 6.19. The van der Waals surface area contributed by atoms with Crippen molar-refractivity contribution in [2.75, 3.05) is 7.05 Å². The molecular weight excluding hydrogens is 314 g/mol. The Labute approximate surface area is 121 Å². The van der Waals surface area contributed by atoms with E-state index in [4.69, 9.17) is 16.0 Å². The third-order valence-corrected chi connectivity index (χ3v) is 3.65. The summed E-state index contributed by atoms with van der Waals surface area (Å²) in [5.74, 6) is 1.59. The van der Waals surface area contributed by atoms with Crippen LogP contribution in [0.2, 0.25) is 5.02 Å². The summed E-state index contributed by atoms with van der Waals surface area (Å²) in [6.45, 7) is 5.16. The van der Waals surface area contributed by atoms with E-state index in [0.717, 1.165) is 39.2 Å². The summed E-state index contributed by atoms with van der Waals surface area (Å²) in [4.78, 5) is 0. The standard InChI is InChI=1S/C14H17BrClNO/c1-8(2)4-10-11-5-9(16)6-12(15)14(11)18-13(10)7-17-3/h5-6,8,17H,4,7H2,1-3H3. The molecule has 2 rings (SSSR count). The normalized spacial score (nSPS) is 11.7. The van der Waals surface area contributed by atoms with E-state index in [-0.39, 0.29) is 0 Å². The van der Waals surface area contributed by atoms with Gasteiger partial charge in [-0.05, 0) is 47.4 Å². The van der Waals surface area contributed by atoms with Gasteiger partial charge in [0.05, 0.1) is 11.0 Å². The van der Waals surface area contributed by atoms with Gasteiger partial charge in [-0.2, -0.15) is 0 Å². The van der Waals surface area contributed by atoms with Gasteiger partial charge in [0.2, 0.25) is 0 Å². The molecule has 1 heterocycles. The fourth-order valence-electron chi connectivity index (χ4n) is 2.16. The molecule has 0 aliphatic carbocycles. The summed E-state index contributed by atoms with van der Waals surface area (Å²) < 4.78 is 6.87. The van der Waals surface area contributed by atoms with Gasteiger partial charge in [0.15, 0.2) is 0 Å². The summed E-state index contributed by atoms with van der Waals surface area (Å²) >= 11 is 9.65. The molecule has 0 bridgehead atoms. The molecule has 0 saturated carbocycles. The maximum Gasteiger partial charge on any atom is 0.148 e. The first-order valence-corrected chi connectivity index (χ1v) is 7.24. The fourth-order valence-corrected chi connectivity index (χ4v) is 3.05.